The van der Waals surface area contributed by atoms with Gasteiger partial charge in [0.25, 0.3) is 0 Å². The van der Waals surface area contributed by atoms with E-state index in [0.29, 0.717) is 0 Å². The predicted molar refractivity (Wildman–Crippen MR) is 85.0 cm³/mol. The van der Waals surface area contributed by atoms with Gasteiger partial charge in [-0.3, -0.25) is 4.98 Å². The van der Waals surface area contributed by atoms with Gasteiger partial charge in [-0.25, -0.2) is 9.97 Å². The molecule has 3 rings (SSSR count). The van der Waals surface area contributed by atoms with Gasteiger partial charge in [-0.15, -0.1) is 0 Å². The summed E-state index contributed by atoms with van der Waals surface area (Å²) in [5.74, 6) is -0.794. The Morgan fingerprint density at radius 1 is 0.741 bits per heavy atom. The molecule has 0 aliphatic heterocycles. The van der Waals surface area contributed by atoms with Gasteiger partial charge in [0.05, 0.1) is 16.8 Å². The van der Waals surface area contributed by atoms with Gasteiger partial charge in [0.15, 0.2) is 0 Å². The van der Waals surface area contributed by atoms with E-state index >= 15 is 0 Å². The molecule has 3 heterocycles. The second-order valence-electron chi connectivity index (χ2n) is 5.33. The summed E-state index contributed by atoms with van der Waals surface area (Å²) >= 11 is 0. The summed E-state index contributed by atoms with van der Waals surface area (Å²) in [6.07, 6.45) is -7.57. The highest BCUT2D eigenvalue weighted by Gasteiger charge is 2.41. The lowest BCUT2D eigenvalue weighted by Gasteiger charge is -2.19. The van der Waals surface area contributed by atoms with Gasteiger partial charge in [-0.2, -0.15) is 26.3 Å². The number of halogens is 6. The van der Waals surface area contributed by atoms with Crippen molar-refractivity contribution in [2.75, 3.05) is 5.32 Å². The first-order valence-corrected chi connectivity index (χ1v) is 7.45. The van der Waals surface area contributed by atoms with Gasteiger partial charge in [0.1, 0.15) is 17.3 Å². The molecule has 0 saturated carbocycles. The zero-order valence-electron chi connectivity index (χ0n) is 13.3. The van der Waals surface area contributed by atoms with Crippen molar-refractivity contribution in [3.05, 3.63) is 66.0 Å². The third-order valence-electron chi connectivity index (χ3n) is 3.45. The monoisotopic (exact) mass is 384 g/mol. The molecule has 3 aromatic rings. The number of hydrogen-bond acceptors (Lipinski definition) is 4. The molecule has 0 bridgehead atoms. The van der Waals surface area contributed by atoms with Crippen LogP contribution in [-0.2, 0) is 12.4 Å². The summed E-state index contributed by atoms with van der Waals surface area (Å²) in [7, 11) is 0. The van der Waals surface area contributed by atoms with Crippen LogP contribution in [0.1, 0.15) is 11.1 Å². The average Bonchev–Trinajstić information content (AvgIpc) is 2.61. The Hall–Kier alpha value is -3.17. The SMILES string of the molecule is FC(F)(F)c1cc(C(F)(F)F)c(-c2ccccn2)nc1Nc1ccccn1. The fraction of sp³-hybridized carbons (Fsp3) is 0.118. The van der Waals surface area contributed by atoms with E-state index in [-0.39, 0.29) is 17.6 Å². The molecule has 4 nitrogen and oxygen atoms in total. The Kier molecular flexibility index (Phi) is 4.73. The molecule has 0 fully saturated rings. The number of nitrogens with zero attached hydrogens (tertiary/aromatic N) is 3. The minimum atomic E-state index is -5.06. The third kappa shape index (κ3) is 4.15. The summed E-state index contributed by atoms with van der Waals surface area (Å²) in [4.78, 5) is 11.2. The summed E-state index contributed by atoms with van der Waals surface area (Å²) in [6, 6.07) is 8.54. The van der Waals surface area contributed by atoms with Crippen molar-refractivity contribution >= 4 is 11.6 Å². The summed E-state index contributed by atoms with van der Waals surface area (Å²) in [5.41, 5.74) is -4.00. The molecule has 27 heavy (non-hydrogen) atoms. The zero-order chi connectivity index (χ0) is 19.7. The molecule has 0 saturated heterocycles. The van der Waals surface area contributed by atoms with Crippen molar-refractivity contribution in [2.45, 2.75) is 12.4 Å². The van der Waals surface area contributed by atoms with Gasteiger partial charge in [0, 0.05) is 12.4 Å². The molecular formula is C17H10F6N4. The van der Waals surface area contributed by atoms with Crippen LogP contribution < -0.4 is 5.32 Å². The van der Waals surface area contributed by atoms with E-state index in [1.54, 1.807) is 0 Å². The first-order chi connectivity index (χ1) is 12.7. The molecule has 0 aliphatic carbocycles. The maximum Gasteiger partial charge on any atom is 0.419 e. The fourth-order valence-electron chi connectivity index (χ4n) is 2.30. The number of hydrogen-bond donors (Lipinski definition) is 1. The molecule has 0 atom stereocenters. The van der Waals surface area contributed by atoms with Crippen molar-refractivity contribution in [3.63, 3.8) is 0 Å². The topological polar surface area (TPSA) is 50.7 Å². The lowest BCUT2D eigenvalue weighted by atomic mass is 10.1. The maximum absolute atomic E-state index is 13.4. The number of anilines is 2. The quantitative estimate of drug-likeness (QED) is 0.621. The van der Waals surface area contributed by atoms with Crippen molar-refractivity contribution in [2.24, 2.45) is 0 Å². The van der Waals surface area contributed by atoms with Crippen LogP contribution in [0.5, 0.6) is 0 Å². The Morgan fingerprint density at radius 2 is 1.37 bits per heavy atom. The Labute approximate surface area is 148 Å². The molecule has 0 unspecified atom stereocenters. The molecule has 0 amide bonds. The van der Waals surface area contributed by atoms with Gasteiger partial charge in [0.2, 0.25) is 0 Å². The molecule has 0 spiro atoms. The third-order valence-corrected chi connectivity index (χ3v) is 3.45. The van der Waals surface area contributed by atoms with Crippen molar-refractivity contribution < 1.29 is 26.3 Å². The minimum absolute atomic E-state index is 0.00206. The Balaban J connectivity index is 2.25. The normalized spacial score (nSPS) is 12.1. The zero-order valence-corrected chi connectivity index (χ0v) is 13.3. The first-order valence-electron chi connectivity index (χ1n) is 7.45. The fourth-order valence-corrected chi connectivity index (χ4v) is 2.30. The van der Waals surface area contributed by atoms with Crippen LogP contribution in [0.4, 0.5) is 38.0 Å². The predicted octanol–water partition coefficient (Wildman–Crippen LogP) is 5.32. The van der Waals surface area contributed by atoms with Gasteiger partial charge in [-0.05, 0) is 30.3 Å². The molecule has 3 aromatic heterocycles. The summed E-state index contributed by atoms with van der Waals surface area (Å²) < 4.78 is 80.3. The van der Waals surface area contributed by atoms with Crippen LogP contribution in [0.3, 0.4) is 0 Å². The van der Waals surface area contributed by atoms with E-state index in [0.717, 1.165) is 0 Å². The average molecular weight is 384 g/mol. The van der Waals surface area contributed by atoms with E-state index in [2.05, 4.69) is 20.3 Å². The van der Waals surface area contributed by atoms with Crippen molar-refractivity contribution in [1.82, 2.24) is 15.0 Å². The molecule has 0 aromatic carbocycles. The lowest BCUT2D eigenvalue weighted by Crippen LogP contribution is -2.17. The summed E-state index contributed by atoms with van der Waals surface area (Å²) in [6.45, 7) is 0. The van der Waals surface area contributed by atoms with E-state index in [9.17, 15) is 26.3 Å². The summed E-state index contributed by atoms with van der Waals surface area (Å²) in [5, 5.41) is 2.33. The first kappa shape index (κ1) is 18.6. The van der Waals surface area contributed by atoms with Crippen LogP contribution in [0.15, 0.2) is 54.9 Å². The van der Waals surface area contributed by atoms with Crippen LogP contribution in [-0.4, -0.2) is 15.0 Å². The van der Waals surface area contributed by atoms with Crippen LogP contribution >= 0.6 is 0 Å². The van der Waals surface area contributed by atoms with Gasteiger partial charge >= 0.3 is 12.4 Å². The van der Waals surface area contributed by atoms with Crippen molar-refractivity contribution in [3.8, 4) is 11.4 Å². The van der Waals surface area contributed by atoms with Crippen LogP contribution in [0, 0.1) is 0 Å². The highest BCUT2D eigenvalue weighted by Crippen LogP contribution is 2.42. The minimum Gasteiger partial charge on any atom is -0.324 e. The van der Waals surface area contributed by atoms with Gasteiger partial charge < -0.3 is 5.32 Å². The van der Waals surface area contributed by atoms with E-state index in [4.69, 9.17) is 0 Å². The number of aromatic nitrogens is 3. The van der Waals surface area contributed by atoms with Crippen LogP contribution in [0.2, 0.25) is 0 Å². The maximum atomic E-state index is 13.4. The van der Waals surface area contributed by atoms with Crippen LogP contribution in [0.25, 0.3) is 11.4 Å². The second kappa shape index (κ2) is 6.86. The number of alkyl halides is 6. The molecule has 140 valence electrons. The number of pyridine rings is 3. The molecular weight excluding hydrogens is 374 g/mol. The smallest absolute Gasteiger partial charge is 0.324 e. The number of rotatable bonds is 3. The van der Waals surface area contributed by atoms with Crippen molar-refractivity contribution in [1.29, 1.82) is 0 Å². The van der Waals surface area contributed by atoms with E-state index in [1.165, 1.54) is 48.8 Å². The largest absolute Gasteiger partial charge is 0.419 e. The Bertz CT molecular complexity index is 924. The standard InChI is InChI=1S/C17H10F6N4/c18-16(19,20)10-9-11(17(21,22)23)15(26-13-6-2-4-8-25-13)27-14(10)12-5-1-3-7-24-12/h1-9H,(H,25,26,27). The Morgan fingerprint density at radius 3 is 1.89 bits per heavy atom. The van der Waals surface area contributed by atoms with E-state index in [1.807, 2.05) is 0 Å². The van der Waals surface area contributed by atoms with E-state index < -0.39 is 35.0 Å². The molecule has 0 aliphatic rings. The van der Waals surface area contributed by atoms with Gasteiger partial charge in [-0.1, -0.05) is 12.1 Å². The molecule has 0 radical (unpaired) electrons. The highest BCUT2D eigenvalue weighted by molar-refractivity contribution is 5.67. The number of nitrogens with one attached hydrogen (secondary N) is 1. The molecule has 10 heteroatoms. The molecule has 1 N–H and O–H groups in total. The lowest BCUT2D eigenvalue weighted by molar-refractivity contribution is -0.142. The second-order valence-corrected chi connectivity index (χ2v) is 5.33. The highest BCUT2D eigenvalue weighted by atomic mass is 19.4.